The summed E-state index contributed by atoms with van der Waals surface area (Å²) in [6.07, 6.45) is 0. The SMILES string of the molecule is Cc1cccc(N=Nc2ccc(N=Nc3cc(C)ccc3O)cc2C)c1. The number of rotatable bonds is 4. The van der Waals surface area contributed by atoms with Crippen LogP contribution in [0.15, 0.2) is 81.1 Å². The van der Waals surface area contributed by atoms with Crippen LogP contribution in [0.2, 0.25) is 0 Å². The number of phenolic OH excluding ortho intramolecular Hbond substituents is 1. The molecule has 3 aromatic carbocycles. The molecule has 26 heavy (non-hydrogen) atoms. The van der Waals surface area contributed by atoms with Crippen molar-refractivity contribution in [3.63, 3.8) is 0 Å². The van der Waals surface area contributed by atoms with Gasteiger partial charge in [-0.25, -0.2) is 0 Å². The van der Waals surface area contributed by atoms with Gasteiger partial charge in [-0.1, -0.05) is 18.2 Å². The van der Waals surface area contributed by atoms with Gasteiger partial charge in [0.15, 0.2) is 0 Å². The van der Waals surface area contributed by atoms with Gasteiger partial charge in [0.25, 0.3) is 0 Å². The van der Waals surface area contributed by atoms with Crippen LogP contribution in [0.4, 0.5) is 22.7 Å². The lowest BCUT2D eigenvalue weighted by atomic mass is 10.2. The summed E-state index contributed by atoms with van der Waals surface area (Å²) in [7, 11) is 0. The average molecular weight is 344 g/mol. The molecule has 0 heterocycles. The zero-order chi connectivity index (χ0) is 18.5. The molecule has 0 unspecified atom stereocenters. The second kappa shape index (κ2) is 7.70. The third-order valence-electron chi connectivity index (χ3n) is 3.86. The fourth-order valence-corrected chi connectivity index (χ4v) is 2.44. The molecule has 130 valence electrons. The van der Waals surface area contributed by atoms with Gasteiger partial charge in [0.2, 0.25) is 0 Å². The van der Waals surface area contributed by atoms with Crippen LogP contribution in [0.5, 0.6) is 5.75 Å². The zero-order valence-electron chi connectivity index (χ0n) is 15.0. The highest BCUT2D eigenvalue weighted by Gasteiger charge is 2.02. The average Bonchev–Trinajstić information content (AvgIpc) is 2.62. The molecule has 0 fully saturated rings. The highest BCUT2D eigenvalue weighted by molar-refractivity contribution is 5.55. The minimum atomic E-state index is 0.111. The van der Waals surface area contributed by atoms with Crippen molar-refractivity contribution < 1.29 is 5.11 Å². The van der Waals surface area contributed by atoms with Crippen LogP contribution < -0.4 is 0 Å². The van der Waals surface area contributed by atoms with Crippen molar-refractivity contribution in [3.05, 3.63) is 77.4 Å². The minimum Gasteiger partial charge on any atom is -0.506 e. The summed E-state index contributed by atoms with van der Waals surface area (Å²) in [6.45, 7) is 5.92. The molecule has 0 aliphatic carbocycles. The van der Waals surface area contributed by atoms with E-state index in [1.165, 1.54) is 0 Å². The van der Waals surface area contributed by atoms with E-state index < -0.39 is 0 Å². The first-order valence-corrected chi connectivity index (χ1v) is 8.32. The number of phenols is 1. The van der Waals surface area contributed by atoms with Gasteiger partial charge in [-0.3, -0.25) is 0 Å². The molecule has 0 aromatic heterocycles. The topological polar surface area (TPSA) is 69.7 Å². The number of aryl methyl sites for hydroxylation is 3. The Morgan fingerprint density at radius 1 is 0.615 bits per heavy atom. The van der Waals surface area contributed by atoms with Gasteiger partial charge in [-0.2, -0.15) is 15.3 Å². The molecule has 0 amide bonds. The molecule has 1 N–H and O–H groups in total. The summed E-state index contributed by atoms with van der Waals surface area (Å²) < 4.78 is 0. The van der Waals surface area contributed by atoms with Crippen molar-refractivity contribution >= 4 is 22.7 Å². The predicted octanol–water partition coefficient (Wildman–Crippen LogP) is 7.15. The number of aromatic hydroxyl groups is 1. The Balaban J connectivity index is 1.79. The van der Waals surface area contributed by atoms with Crippen LogP contribution in [-0.2, 0) is 0 Å². The molecule has 0 aliphatic rings. The van der Waals surface area contributed by atoms with Crippen molar-refractivity contribution in [1.29, 1.82) is 0 Å². The van der Waals surface area contributed by atoms with E-state index in [1.54, 1.807) is 12.1 Å². The summed E-state index contributed by atoms with van der Waals surface area (Å²) in [4.78, 5) is 0. The van der Waals surface area contributed by atoms with Gasteiger partial charge in [-0.05, 0) is 79.9 Å². The van der Waals surface area contributed by atoms with E-state index in [9.17, 15) is 5.11 Å². The highest BCUT2D eigenvalue weighted by Crippen LogP contribution is 2.31. The van der Waals surface area contributed by atoms with Crippen molar-refractivity contribution in [2.45, 2.75) is 20.8 Å². The molecule has 0 atom stereocenters. The molecular formula is C21H20N4O. The quantitative estimate of drug-likeness (QED) is 0.502. The lowest BCUT2D eigenvalue weighted by Gasteiger charge is -2.02. The Morgan fingerprint density at radius 2 is 1.31 bits per heavy atom. The highest BCUT2D eigenvalue weighted by atomic mass is 16.3. The molecule has 3 rings (SSSR count). The summed E-state index contributed by atoms with van der Waals surface area (Å²) in [5, 5.41) is 26.8. The van der Waals surface area contributed by atoms with E-state index in [-0.39, 0.29) is 5.75 Å². The molecule has 0 bridgehead atoms. The zero-order valence-corrected chi connectivity index (χ0v) is 15.0. The smallest absolute Gasteiger partial charge is 0.143 e. The maximum absolute atomic E-state index is 9.83. The number of hydrogen-bond donors (Lipinski definition) is 1. The summed E-state index contributed by atoms with van der Waals surface area (Å²) in [5.74, 6) is 0.111. The first-order chi connectivity index (χ1) is 12.5. The molecule has 0 spiro atoms. The number of nitrogens with zero attached hydrogens (tertiary/aromatic N) is 4. The number of benzene rings is 3. The van der Waals surface area contributed by atoms with Crippen LogP contribution in [-0.4, -0.2) is 5.11 Å². The third-order valence-corrected chi connectivity index (χ3v) is 3.86. The molecule has 0 aliphatic heterocycles. The van der Waals surface area contributed by atoms with Gasteiger partial charge in [0.05, 0.1) is 17.1 Å². The third kappa shape index (κ3) is 4.39. The van der Waals surface area contributed by atoms with E-state index in [1.807, 2.05) is 69.3 Å². The number of azo groups is 2. The summed E-state index contributed by atoms with van der Waals surface area (Å²) >= 11 is 0. The maximum Gasteiger partial charge on any atom is 0.143 e. The van der Waals surface area contributed by atoms with Crippen LogP contribution in [0.25, 0.3) is 0 Å². The standard InChI is InChI=1S/C21H20N4O/c1-14-5-4-6-17(11-14)22-24-19-9-8-18(13-16(19)3)23-25-20-12-15(2)7-10-21(20)26/h4-13,26H,1-3H3. The second-order valence-electron chi connectivity index (χ2n) is 6.20. The van der Waals surface area contributed by atoms with Crippen molar-refractivity contribution in [2.24, 2.45) is 20.5 Å². The van der Waals surface area contributed by atoms with Gasteiger partial charge >= 0.3 is 0 Å². The van der Waals surface area contributed by atoms with Crippen molar-refractivity contribution in [3.8, 4) is 5.75 Å². The maximum atomic E-state index is 9.83. The molecule has 5 heteroatoms. The van der Waals surface area contributed by atoms with E-state index >= 15 is 0 Å². The summed E-state index contributed by atoms with van der Waals surface area (Å²) in [5.41, 5.74) is 5.86. The molecule has 0 saturated carbocycles. The Kier molecular flexibility index (Phi) is 5.17. The number of hydrogen-bond acceptors (Lipinski definition) is 5. The second-order valence-corrected chi connectivity index (χ2v) is 6.20. The minimum absolute atomic E-state index is 0.111. The van der Waals surface area contributed by atoms with Crippen LogP contribution >= 0.6 is 0 Å². The van der Waals surface area contributed by atoms with Crippen LogP contribution in [0, 0.1) is 20.8 Å². The van der Waals surface area contributed by atoms with Crippen LogP contribution in [0.1, 0.15) is 16.7 Å². The van der Waals surface area contributed by atoms with E-state index in [0.717, 1.165) is 28.1 Å². The lowest BCUT2D eigenvalue weighted by molar-refractivity contribution is 0.476. The normalized spacial score (nSPS) is 11.5. The molecule has 5 nitrogen and oxygen atoms in total. The first kappa shape index (κ1) is 17.5. The molecular weight excluding hydrogens is 324 g/mol. The van der Waals surface area contributed by atoms with E-state index in [2.05, 4.69) is 20.5 Å². The lowest BCUT2D eigenvalue weighted by Crippen LogP contribution is -1.75. The van der Waals surface area contributed by atoms with Gasteiger partial charge < -0.3 is 5.11 Å². The van der Waals surface area contributed by atoms with E-state index in [4.69, 9.17) is 0 Å². The predicted molar refractivity (Wildman–Crippen MR) is 104 cm³/mol. The Labute approximate surface area is 152 Å². The van der Waals surface area contributed by atoms with Gasteiger partial charge in [0, 0.05) is 0 Å². The van der Waals surface area contributed by atoms with Crippen molar-refractivity contribution in [1.82, 2.24) is 0 Å². The monoisotopic (exact) mass is 344 g/mol. The molecule has 3 aromatic rings. The van der Waals surface area contributed by atoms with Crippen LogP contribution in [0.3, 0.4) is 0 Å². The summed E-state index contributed by atoms with van der Waals surface area (Å²) in [6, 6.07) is 18.7. The fraction of sp³-hybridized carbons (Fsp3) is 0.143. The molecule has 0 radical (unpaired) electrons. The Hall–Kier alpha value is -3.34. The van der Waals surface area contributed by atoms with Gasteiger partial charge in [-0.15, -0.1) is 5.11 Å². The first-order valence-electron chi connectivity index (χ1n) is 8.32. The fourth-order valence-electron chi connectivity index (χ4n) is 2.44. The Bertz CT molecular complexity index is 993. The van der Waals surface area contributed by atoms with Gasteiger partial charge in [0.1, 0.15) is 11.4 Å². The molecule has 0 saturated heterocycles. The van der Waals surface area contributed by atoms with Crippen molar-refractivity contribution in [2.75, 3.05) is 0 Å². The van der Waals surface area contributed by atoms with E-state index in [0.29, 0.717) is 11.4 Å². The Morgan fingerprint density at radius 3 is 2.04 bits per heavy atom. The largest absolute Gasteiger partial charge is 0.506 e.